The van der Waals surface area contributed by atoms with Gasteiger partial charge in [0.15, 0.2) is 6.10 Å². The van der Waals surface area contributed by atoms with Crippen molar-refractivity contribution in [2.75, 3.05) is 79.6 Å². The van der Waals surface area contributed by atoms with Crippen LogP contribution in [0.5, 0.6) is 5.75 Å². The van der Waals surface area contributed by atoms with Crippen molar-refractivity contribution in [3.05, 3.63) is 70.9 Å². The first-order valence-corrected chi connectivity index (χ1v) is 23.4. The summed E-state index contributed by atoms with van der Waals surface area (Å²) in [6, 6.07) is 10.8. The van der Waals surface area contributed by atoms with Crippen molar-refractivity contribution in [3.8, 4) is 5.75 Å². The number of methoxy groups -OCH3 is 3. The molecule has 1 saturated carbocycles. The van der Waals surface area contributed by atoms with Crippen LogP contribution >= 0.6 is 0 Å². The number of hydrogen-bond donors (Lipinski definition) is 3. The molecule has 9 rings (SSSR count). The zero-order valence-corrected chi connectivity index (χ0v) is 39.4. The van der Waals surface area contributed by atoms with Gasteiger partial charge in [-0.05, 0) is 81.2 Å². The van der Waals surface area contributed by atoms with Gasteiger partial charge in [0.05, 0.1) is 32.9 Å². The molecule has 1 aromatic heterocycles. The molecule has 1 aliphatic carbocycles. The van der Waals surface area contributed by atoms with E-state index in [2.05, 4.69) is 51.3 Å². The highest BCUT2D eigenvalue weighted by Gasteiger charge is 2.80. The first kappa shape index (κ1) is 45.1. The van der Waals surface area contributed by atoms with Gasteiger partial charge >= 0.3 is 23.9 Å². The molecule has 3 N–H and O–H groups in total. The number of fused-ring (bicyclic) bond motifs is 6. The van der Waals surface area contributed by atoms with Crippen LogP contribution in [0.3, 0.4) is 0 Å². The lowest BCUT2D eigenvalue weighted by Gasteiger charge is -2.63. The molecule has 65 heavy (non-hydrogen) atoms. The Kier molecular flexibility index (Phi) is 11.1. The topological polar surface area (TPSA) is 166 Å². The minimum absolute atomic E-state index is 0.0923. The molecule has 6 aliphatic rings. The second kappa shape index (κ2) is 16.0. The predicted octanol–water partition coefficient (Wildman–Crippen LogP) is 4.66. The number of aliphatic hydroxyl groups is 1. The molecule has 6 heterocycles. The molecule has 1 spiro atoms. The van der Waals surface area contributed by atoms with E-state index in [9.17, 15) is 19.5 Å². The number of aromatic amines is 1. The number of nitrogens with zero attached hydrogens (tertiary/aromatic N) is 4. The average Bonchev–Trinajstić information content (AvgIpc) is 3.97. The van der Waals surface area contributed by atoms with Gasteiger partial charge < -0.3 is 49.1 Å². The number of H-pyrrole nitrogens is 1. The second-order valence-corrected chi connectivity index (χ2v) is 19.6. The molecular weight excluding hydrogens is 829 g/mol. The van der Waals surface area contributed by atoms with Crippen LogP contribution in [0.15, 0.2) is 48.6 Å². The first-order chi connectivity index (χ1) is 31.1. The number of esters is 3. The number of aromatic nitrogens is 1. The van der Waals surface area contributed by atoms with Gasteiger partial charge in [-0.3, -0.25) is 14.5 Å². The van der Waals surface area contributed by atoms with Crippen LogP contribution in [0.1, 0.15) is 82.2 Å². The normalized spacial score (nSPS) is 34.5. The number of rotatable bonds is 9. The highest BCUT2D eigenvalue weighted by atomic mass is 16.6. The fraction of sp³-hybridized carbons (Fsp3) is 0.600. The minimum Gasteiger partial charge on any atom is -0.496 e. The number of urea groups is 1. The largest absolute Gasteiger partial charge is 0.496 e. The summed E-state index contributed by atoms with van der Waals surface area (Å²) in [6.45, 7) is 11.3. The van der Waals surface area contributed by atoms with Gasteiger partial charge in [-0.15, -0.1) is 0 Å². The molecule has 2 aromatic carbocycles. The molecule has 0 radical (unpaired) electrons. The van der Waals surface area contributed by atoms with Gasteiger partial charge in [0.1, 0.15) is 11.2 Å². The third-order valence-corrected chi connectivity index (χ3v) is 16.9. The van der Waals surface area contributed by atoms with E-state index in [0.29, 0.717) is 89.1 Å². The lowest BCUT2D eigenvalue weighted by Crippen LogP contribution is -2.81. The number of hydrogen-bond acceptors (Lipinski definition) is 12. The molecule has 350 valence electrons. The molecule has 3 fully saturated rings. The van der Waals surface area contributed by atoms with E-state index in [1.165, 1.54) is 21.1 Å². The predicted molar refractivity (Wildman–Crippen MR) is 245 cm³/mol. The molecule has 10 atom stereocenters. The minimum atomic E-state index is -2.32. The van der Waals surface area contributed by atoms with Crippen LogP contribution in [-0.2, 0) is 45.8 Å². The van der Waals surface area contributed by atoms with Crippen LogP contribution in [-0.4, -0.2) is 153 Å². The molecular formula is C50H66N6O9. The van der Waals surface area contributed by atoms with Gasteiger partial charge in [0, 0.05) is 105 Å². The summed E-state index contributed by atoms with van der Waals surface area (Å²) in [5.41, 5.74) is -1.34. The van der Waals surface area contributed by atoms with Crippen molar-refractivity contribution in [2.45, 2.75) is 106 Å². The zero-order chi connectivity index (χ0) is 46.4. The quantitative estimate of drug-likeness (QED) is 0.155. The Labute approximate surface area is 381 Å². The Morgan fingerprint density at radius 2 is 1.72 bits per heavy atom. The molecule has 2 amide bonds. The van der Waals surface area contributed by atoms with Gasteiger partial charge in [-0.1, -0.05) is 44.2 Å². The van der Waals surface area contributed by atoms with Crippen molar-refractivity contribution in [1.82, 2.24) is 25.0 Å². The smallest absolute Gasteiger partial charge is 0.344 e. The number of amides is 2. The molecule has 2 bridgehead atoms. The number of nitrogens with one attached hydrogen (secondary N) is 2. The fourth-order valence-corrected chi connectivity index (χ4v) is 14.5. The standard InChI is InChI=1S/C50H66N6O9/c1-10-46(54(6)45(60)51-12-3)26-31-27-49(43(58)63-8,39-33(18-22-55(28-31)29-46)32-16-13-14-17-36(32)52-39)35-24-34-37(25-38(35)62-7)53(5)41-48(34)20-23-56-21-15-19-47(11-2,40(48)56)42(65-30(4)57)50(41,61)44(59)64-9/h13-17,19,24-25,31,40-42,52,61H,10-12,18,20-23,26-29H2,1-9H3,(H,51,60)/t31-,40-,41+,42+,46-,47+,48+,49-,50-/m0/s1. The number of ether oxygens (including phenoxy) is 4. The number of anilines is 1. The highest BCUT2D eigenvalue weighted by molar-refractivity contribution is 5.95. The molecule has 1 unspecified atom stereocenters. The van der Waals surface area contributed by atoms with E-state index >= 15 is 4.79 Å². The SMILES string of the molecule is CCNC(=O)N(C)[C@@]1(CC)C[C@@H]2CN(CCc3c([nH]c4ccccc34)[C@@](C(=O)OC)(c3cc4c(cc3OC)N(C)[C@H]3[C@@](O)(C(=O)OC)[C@H](OC(C)=O)[C@]5(CC)C=CCN6CC[C@]43[C@@H]65)C2)C1. The number of benzene rings is 2. The first-order valence-electron chi connectivity index (χ1n) is 23.4. The Hall–Kier alpha value is -5.12. The summed E-state index contributed by atoms with van der Waals surface area (Å²) in [7, 11) is 8.07. The molecule has 15 heteroatoms. The van der Waals surface area contributed by atoms with Gasteiger partial charge in [0.25, 0.3) is 0 Å². The van der Waals surface area contributed by atoms with E-state index in [-0.39, 0.29) is 18.0 Å². The second-order valence-electron chi connectivity index (χ2n) is 19.6. The van der Waals surface area contributed by atoms with Crippen LogP contribution in [0.4, 0.5) is 10.5 Å². The van der Waals surface area contributed by atoms with Crippen molar-refractivity contribution < 1.29 is 43.2 Å². The number of carbonyl (C=O) groups excluding carboxylic acids is 4. The van der Waals surface area contributed by atoms with E-state index in [1.54, 1.807) is 7.11 Å². The molecule has 5 aliphatic heterocycles. The lowest BCUT2D eigenvalue weighted by molar-refractivity contribution is -0.228. The Morgan fingerprint density at radius 3 is 2.40 bits per heavy atom. The van der Waals surface area contributed by atoms with Crippen molar-refractivity contribution in [2.24, 2.45) is 11.3 Å². The highest BCUT2D eigenvalue weighted by Crippen LogP contribution is 2.68. The van der Waals surface area contributed by atoms with E-state index in [1.807, 2.05) is 62.0 Å². The number of para-hydroxylation sites is 1. The van der Waals surface area contributed by atoms with E-state index in [0.717, 1.165) is 33.4 Å². The van der Waals surface area contributed by atoms with Crippen LogP contribution in [0.25, 0.3) is 10.9 Å². The molecule has 3 aromatic rings. The molecule has 15 nitrogen and oxygen atoms in total. The number of likely N-dealkylation sites (N-methyl/N-ethyl adjacent to an activating group) is 2. The number of carbonyl (C=O) groups is 4. The summed E-state index contributed by atoms with van der Waals surface area (Å²) in [5, 5.41) is 17.5. The summed E-state index contributed by atoms with van der Waals surface area (Å²) in [6.07, 6.45) is 6.17. The fourth-order valence-electron chi connectivity index (χ4n) is 14.5. The monoisotopic (exact) mass is 894 g/mol. The Morgan fingerprint density at radius 1 is 0.969 bits per heavy atom. The Balaban J connectivity index is 1.34. The lowest BCUT2D eigenvalue weighted by atomic mass is 9.47. The Bertz CT molecular complexity index is 2450. The number of piperidine rings is 1. The van der Waals surface area contributed by atoms with Crippen molar-refractivity contribution >= 4 is 40.5 Å². The summed E-state index contributed by atoms with van der Waals surface area (Å²) >= 11 is 0. The van der Waals surface area contributed by atoms with Crippen LogP contribution in [0, 0.1) is 11.3 Å². The van der Waals surface area contributed by atoms with E-state index in [4.69, 9.17) is 18.9 Å². The summed E-state index contributed by atoms with van der Waals surface area (Å²) in [5.74, 6) is -1.57. The summed E-state index contributed by atoms with van der Waals surface area (Å²) in [4.78, 5) is 69.4. The third-order valence-electron chi connectivity index (χ3n) is 16.9. The van der Waals surface area contributed by atoms with Gasteiger partial charge in [0.2, 0.25) is 5.60 Å². The van der Waals surface area contributed by atoms with Crippen LogP contribution in [0.2, 0.25) is 0 Å². The molecule has 2 saturated heterocycles. The maximum absolute atomic E-state index is 15.6. The zero-order valence-electron chi connectivity index (χ0n) is 39.4. The van der Waals surface area contributed by atoms with Gasteiger partial charge in [-0.2, -0.15) is 0 Å². The van der Waals surface area contributed by atoms with Crippen LogP contribution < -0.4 is 15.0 Å². The van der Waals surface area contributed by atoms with Crippen molar-refractivity contribution in [3.63, 3.8) is 0 Å². The maximum Gasteiger partial charge on any atom is 0.344 e. The van der Waals surface area contributed by atoms with E-state index < -0.39 is 57.4 Å². The maximum atomic E-state index is 15.6. The average molecular weight is 895 g/mol. The third kappa shape index (κ3) is 6.02. The van der Waals surface area contributed by atoms with Crippen molar-refractivity contribution in [1.29, 1.82) is 0 Å². The van der Waals surface area contributed by atoms with Gasteiger partial charge in [-0.25, -0.2) is 9.59 Å². The summed E-state index contributed by atoms with van der Waals surface area (Å²) < 4.78 is 24.2.